The normalized spacial score (nSPS) is 12.0. The molecular weight excluding hydrogens is 474 g/mol. The predicted molar refractivity (Wildman–Crippen MR) is 168 cm³/mol. The van der Waals surface area contributed by atoms with Gasteiger partial charge in [0.25, 0.3) is 0 Å². The van der Waals surface area contributed by atoms with E-state index in [1.807, 2.05) is 32.1 Å². The van der Waals surface area contributed by atoms with Gasteiger partial charge in [-0.2, -0.15) is 5.26 Å². The van der Waals surface area contributed by atoms with Crippen LogP contribution >= 0.6 is 0 Å². The van der Waals surface area contributed by atoms with Crippen molar-refractivity contribution in [2.75, 3.05) is 0 Å². The van der Waals surface area contributed by atoms with Gasteiger partial charge in [-0.15, -0.1) is 0 Å². The summed E-state index contributed by atoms with van der Waals surface area (Å²) in [4.78, 5) is 0. The topological polar surface area (TPSA) is 33.6 Å². The van der Waals surface area contributed by atoms with E-state index in [9.17, 15) is 5.26 Å². The second kappa shape index (κ2) is 10.5. The lowest BCUT2D eigenvalue weighted by atomic mass is 9.94. The Kier molecular flexibility index (Phi) is 6.96. The minimum absolute atomic E-state index is 0.718. The lowest BCUT2D eigenvalue weighted by Gasteiger charge is -2.25. The number of hydrogen-bond acceptors (Lipinski definition) is 1. The number of nitriles is 1. The molecule has 3 aromatic carbocycles. The van der Waals surface area contributed by atoms with Crippen molar-refractivity contribution in [3.63, 3.8) is 0 Å². The number of allylic oxidation sites excluding steroid dienone is 4. The number of hydrogen-bond donors (Lipinski definition) is 0. The molecule has 3 heteroatoms. The zero-order valence-corrected chi connectivity index (χ0v) is 23.3. The summed E-state index contributed by atoms with van der Waals surface area (Å²) in [5, 5.41) is 12.7. The van der Waals surface area contributed by atoms with Crippen LogP contribution < -0.4 is 0 Å². The first kappa shape index (κ1) is 25.8. The molecule has 0 radical (unpaired) electrons. The minimum Gasteiger partial charge on any atom is -0.307 e. The fourth-order valence-electron chi connectivity index (χ4n) is 5.69. The summed E-state index contributed by atoms with van der Waals surface area (Å²) in [6.07, 6.45) is 14.3. The molecule has 39 heavy (non-hydrogen) atoms. The van der Waals surface area contributed by atoms with E-state index < -0.39 is 0 Å². The van der Waals surface area contributed by atoms with Crippen molar-refractivity contribution in [3.05, 3.63) is 125 Å². The highest BCUT2D eigenvalue weighted by atomic mass is 15.1. The van der Waals surface area contributed by atoms with Crippen LogP contribution in [0.5, 0.6) is 0 Å². The van der Waals surface area contributed by atoms with Crippen molar-refractivity contribution in [3.8, 4) is 17.4 Å². The van der Waals surface area contributed by atoms with E-state index in [0.29, 0.717) is 0 Å². The predicted octanol–water partition coefficient (Wildman–Crippen LogP) is 9.64. The Balaban J connectivity index is 2.06. The van der Waals surface area contributed by atoms with Crippen LogP contribution in [0.15, 0.2) is 85.5 Å². The van der Waals surface area contributed by atoms with Gasteiger partial charge in [0.2, 0.25) is 0 Å². The highest BCUT2D eigenvalue weighted by Crippen LogP contribution is 2.41. The van der Waals surface area contributed by atoms with Gasteiger partial charge in [-0.3, -0.25) is 0 Å². The van der Waals surface area contributed by atoms with Crippen molar-refractivity contribution in [1.29, 1.82) is 5.26 Å². The third-order valence-electron chi connectivity index (χ3n) is 7.60. The monoisotopic (exact) mass is 507 g/mol. The van der Waals surface area contributed by atoms with Gasteiger partial charge in [0.05, 0.1) is 39.7 Å². The van der Waals surface area contributed by atoms with Crippen molar-refractivity contribution in [1.82, 2.24) is 9.13 Å². The van der Waals surface area contributed by atoms with Crippen LogP contribution in [-0.4, -0.2) is 9.13 Å². The molecule has 0 bridgehead atoms. The Morgan fingerprint density at radius 1 is 0.744 bits per heavy atom. The van der Waals surface area contributed by atoms with Gasteiger partial charge in [0.15, 0.2) is 0 Å². The van der Waals surface area contributed by atoms with Crippen LogP contribution in [-0.2, 0) is 0 Å². The highest BCUT2D eigenvalue weighted by molar-refractivity contribution is 6.09. The number of fused-ring (bicyclic) bond motifs is 3. The van der Waals surface area contributed by atoms with Crippen molar-refractivity contribution in [2.45, 2.75) is 34.6 Å². The lowest BCUT2D eigenvalue weighted by molar-refractivity contribution is 0.979. The van der Waals surface area contributed by atoms with Gasteiger partial charge < -0.3 is 9.13 Å². The van der Waals surface area contributed by atoms with E-state index in [-0.39, 0.29) is 0 Å². The van der Waals surface area contributed by atoms with Crippen LogP contribution in [0.4, 0.5) is 0 Å². The molecule has 0 unspecified atom stereocenters. The zero-order valence-electron chi connectivity index (χ0n) is 23.3. The second-order valence-corrected chi connectivity index (χ2v) is 9.76. The molecule has 192 valence electrons. The molecular formula is C36H33N3. The van der Waals surface area contributed by atoms with Gasteiger partial charge in [-0.1, -0.05) is 73.4 Å². The highest BCUT2D eigenvalue weighted by Gasteiger charge is 2.25. The van der Waals surface area contributed by atoms with E-state index in [1.54, 1.807) is 0 Å². The molecule has 0 fully saturated rings. The first-order chi connectivity index (χ1) is 19.0. The van der Waals surface area contributed by atoms with E-state index >= 15 is 0 Å². The summed E-state index contributed by atoms with van der Waals surface area (Å²) in [6.45, 7) is 14.4. The average molecular weight is 508 g/mol. The van der Waals surface area contributed by atoms with E-state index in [0.717, 1.165) is 61.6 Å². The third kappa shape index (κ3) is 4.06. The fourth-order valence-corrected chi connectivity index (χ4v) is 5.69. The lowest BCUT2D eigenvalue weighted by Crippen LogP contribution is -2.13. The Morgan fingerprint density at radius 3 is 1.92 bits per heavy atom. The molecule has 5 aromatic rings. The van der Waals surface area contributed by atoms with Crippen LogP contribution in [0, 0.1) is 32.1 Å². The maximum Gasteiger partial charge on any atom is 0.0998 e. The molecule has 0 saturated heterocycles. The maximum atomic E-state index is 10.3. The number of para-hydroxylation sites is 2. The standard InChI is InChI=1S/C36H33N3/c1-7-10-11-17-28-22-27(9-3)32(16-8-2)38(28)36-26(6)31(23-37)24(4)25(5)35(36)39-33-20-14-12-18-29(33)30-19-13-15-21-34(30)39/h7-22H,3H2,1-2,4-6H3/b10-7-,16-8-,17-11-. The van der Waals surface area contributed by atoms with Crippen LogP contribution in [0.25, 0.3) is 51.4 Å². The smallest absolute Gasteiger partial charge is 0.0998 e. The van der Waals surface area contributed by atoms with Crippen molar-refractivity contribution < 1.29 is 0 Å². The summed E-state index contributed by atoms with van der Waals surface area (Å²) in [5.41, 5.74) is 11.2. The largest absolute Gasteiger partial charge is 0.307 e. The molecule has 0 N–H and O–H groups in total. The fraction of sp³-hybridized carbons (Fsp3) is 0.139. The van der Waals surface area contributed by atoms with Crippen molar-refractivity contribution >= 4 is 40.0 Å². The molecule has 2 heterocycles. The number of nitrogens with zero attached hydrogens (tertiary/aromatic N) is 3. The molecule has 0 aliphatic rings. The number of benzene rings is 3. The SMILES string of the molecule is C=Cc1cc(/C=C\C=C/C)n(-c2c(C)c(C#N)c(C)c(C)c2-n2c3ccccc3c3ccccc32)c1/C=C\C. The van der Waals surface area contributed by atoms with E-state index in [2.05, 4.69) is 121 Å². The zero-order chi connectivity index (χ0) is 27.7. The quantitative estimate of drug-likeness (QED) is 0.211. The summed E-state index contributed by atoms with van der Waals surface area (Å²) >= 11 is 0. The Bertz CT molecular complexity index is 1820. The molecule has 5 rings (SSSR count). The number of rotatable bonds is 6. The summed E-state index contributed by atoms with van der Waals surface area (Å²) < 4.78 is 4.67. The Morgan fingerprint density at radius 2 is 1.36 bits per heavy atom. The minimum atomic E-state index is 0.718. The molecule has 0 aliphatic heterocycles. The van der Waals surface area contributed by atoms with E-state index in [1.165, 1.54) is 10.8 Å². The Hall–Kier alpha value is -4.81. The van der Waals surface area contributed by atoms with Crippen molar-refractivity contribution in [2.24, 2.45) is 0 Å². The first-order valence-electron chi connectivity index (χ1n) is 13.3. The van der Waals surface area contributed by atoms with Gasteiger partial charge in [-0.05, 0) is 87.2 Å². The molecule has 0 spiro atoms. The molecule has 2 aromatic heterocycles. The van der Waals surface area contributed by atoms with Gasteiger partial charge in [0.1, 0.15) is 0 Å². The van der Waals surface area contributed by atoms with E-state index in [4.69, 9.17) is 0 Å². The van der Waals surface area contributed by atoms with Gasteiger partial charge >= 0.3 is 0 Å². The first-order valence-corrected chi connectivity index (χ1v) is 13.3. The van der Waals surface area contributed by atoms with Crippen LogP contribution in [0.1, 0.15) is 53.1 Å². The molecule has 0 amide bonds. The number of aromatic nitrogens is 2. The van der Waals surface area contributed by atoms with Crippen LogP contribution in [0.2, 0.25) is 0 Å². The molecule has 0 aliphatic carbocycles. The summed E-state index contributed by atoms with van der Waals surface area (Å²) in [6, 6.07) is 21.8. The molecule has 0 atom stereocenters. The average Bonchev–Trinajstić information content (AvgIpc) is 3.46. The Labute approximate surface area is 230 Å². The third-order valence-corrected chi connectivity index (χ3v) is 7.60. The van der Waals surface area contributed by atoms with Crippen LogP contribution in [0.3, 0.4) is 0 Å². The van der Waals surface area contributed by atoms with Gasteiger partial charge in [0, 0.05) is 16.5 Å². The maximum absolute atomic E-state index is 10.3. The molecule has 0 saturated carbocycles. The molecule has 3 nitrogen and oxygen atoms in total. The second-order valence-electron chi connectivity index (χ2n) is 9.76. The summed E-state index contributed by atoms with van der Waals surface area (Å²) in [5.74, 6) is 0. The summed E-state index contributed by atoms with van der Waals surface area (Å²) in [7, 11) is 0. The van der Waals surface area contributed by atoms with Gasteiger partial charge in [-0.25, -0.2) is 0 Å².